The maximum Gasteiger partial charge on any atom is 0.176 e. The molecule has 1 atom stereocenters. The molecule has 0 saturated carbocycles. The van der Waals surface area contributed by atoms with Crippen molar-refractivity contribution in [1.29, 1.82) is 0 Å². The zero-order valence-electron chi connectivity index (χ0n) is 6.85. The SMILES string of the molecule is CC(Br)C(=O)c1cc(Br)cc(Br)c1. The van der Waals surface area contributed by atoms with Crippen molar-refractivity contribution in [3.63, 3.8) is 0 Å². The largest absolute Gasteiger partial charge is 0.293 e. The number of ketones is 1. The Labute approximate surface area is 102 Å². The minimum absolute atomic E-state index is 0.0852. The van der Waals surface area contributed by atoms with Crippen LogP contribution in [0.1, 0.15) is 17.3 Å². The Morgan fingerprint density at radius 2 is 1.69 bits per heavy atom. The number of Topliss-reactive ketones (excluding diaryl/α,β-unsaturated/α-hetero) is 1. The molecule has 0 aliphatic rings. The summed E-state index contributed by atoms with van der Waals surface area (Å²) in [6.45, 7) is 1.82. The molecule has 4 heteroatoms. The summed E-state index contributed by atoms with van der Waals surface area (Å²) in [5.41, 5.74) is 0.700. The van der Waals surface area contributed by atoms with Crippen molar-refractivity contribution in [1.82, 2.24) is 0 Å². The van der Waals surface area contributed by atoms with Gasteiger partial charge in [-0.3, -0.25) is 4.79 Å². The second-order valence-corrected chi connectivity index (χ2v) is 5.84. The van der Waals surface area contributed by atoms with Gasteiger partial charge >= 0.3 is 0 Å². The van der Waals surface area contributed by atoms with Crippen LogP contribution in [0, 0.1) is 0 Å². The molecule has 1 aromatic carbocycles. The van der Waals surface area contributed by atoms with Crippen LogP contribution in [0.25, 0.3) is 0 Å². The van der Waals surface area contributed by atoms with Gasteiger partial charge in [-0.25, -0.2) is 0 Å². The number of benzene rings is 1. The number of carbonyl (C=O) groups excluding carboxylic acids is 1. The second kappa shape index (κ2) is 4.71. The van der Waals surface area contributed by atoms with Crippen molar-refractivity contribution in [3.8, 4) is 0 Å². The van der Waals surface area contributed by atoms with Gasteiger partial charge in [-0.1, -0.05) is 47.8 Å². The van der Waals surface area contributed by atoms with Crippen LogP contribution in [0.2, 0.25) is 0 Å². The van der Waals surface area contributed by atoms with Crippen LogP contribution in [0.5, 0.6) is 0 Å². The Hall–Kier alpha value is 0.330. The molecular formula is C9H7Br3O. The normalized spacial score (nSPS) is 12.6. The van der Waals surface area contributed by atoms with Gasteiger partial charge in [-0.05, 0) is 25.1 Å². The van der Waals surface area contributed by atoms with E-state index in [9.17, 15) is 4.79 Å². The standard InChI is InChI=1S/C9H7Br3O/c1-5(10)9(13)6-2-7(11)4-8(12)3-6/h2-5H,1H3. The first kappa shape index (κ1) is 11.4. The molecule has 0 fully saturated rings. The highest BCUT2D eigenvalue weighted by Crippen LogP contribution is 2.22. The van der Waals surface area contributed by atoms with Gasteiger partial charge in [-0.15, -0.1) is 0 Å². The lowest BCUT2D eigenvalue weighted by atomic mass is 10.1. The molecule has 0 N–H and O–H groups in total. The first-order valence-corrected chi connectivity index (χ1v) is 6.15. The van der Waals surface area contributed by atoms with Gasteiger partial charge in [0.25, 0.3) is 0 Å². The molecule has 0 heterocycles. The molecule has 0 amide bonds. The summed E-state index contributed by atoms with van der Waals surface area (Å²) < 4.78 is 1.80. The van der Waals surface area contributed by atoms with E-state index in [1.54, 1.807) is 0 Å². The molecule has 0 spiro atoms. The number of rotatable bonds is 2. The number of hydrogen-bond donors (Lipinski definition) is 0. The quantitative estimate of drug-likeness (QED) is 0.564. The smallest absolute Gasteiger partial charge is 0.176 e. The van der Waals surface area contributed by atoms with Crippen LogP contribution in [0.4, 0.5) is 0 Å². The minimum atomic E-state index is -0.145. The van der Waals surface area contributed by atoms with Gasteiger partial charge in [-0.2, -0.15) is 0 Å². The fourth-order valence-electron chi connectivity index (χ4n) is 0.926. The van der Waals surface area contributed by atoms with Gasteiger partial charge in [0.1, 0.15) is 0 Å². The number of alkyl halides is 1. The first-order valence-electron chi connectivity index (χ1n) is 3.65. The van der Waals surface area contributed by atoms with E-state index >= 15 is 0 Å². The van der Waals surface area contributed by atoms with Crippen molar-refractivity contribution in [2.45, 2.75) is 11.8 Å². The van der Waals surface area contributed by atoms with E-state index in [2.05, 4.69) is 47.8 Å². The Morgan fingerprint density at radius 3 is 2.08 bits per heavy atom. The third-order valence-corrected chi connectivity index (χ3v) is 2.84. The summed E-state index contributed by atoms with van der Waals surface area (Å²) in [7, 11) is 0. The summed E-state index contributed by atoms with van der Waals surface area (Å²) in [5.74, 6) is 0.0852. The summed E-state index contributed by atoms with van der Waals surface area (Å²) in [4.78, 5) is 11.4. The Balaban J connectivity index is 3.08. The van der Waals surface area contributed by atoms with Gasteiger partial charge in [0.15, 0.2) is 5.78 Å². The first-order chi connectivity index (χ1) is 6.00. The molecule has 0 bridgehead atoms. The predicted octanol–water partition coefficient (Wildman–Crippen LogP) is 4.18. The summed E-state index contributed by atoms with van der Waals surface area (Å²) >= 11 is 9.91. The van der Waals surface area contributed by atoms with Crippen LogP contribution in [0.3, 0.4) is 0 Å². The van der Waals surface area contributed by atoms with Crippen molar-refractivity contribution < 1.29 is 4.79 Å². The van der Waals surface area contributed by atoms with E-state index in [4.69, 9.17) is 0 Å². The molecule has 1 aromatic rings. The van der Waals surface area contributed by atoms with Crippen LogP contribution in [0.15, 0.2) is 27.1 Å². The van der Waals surface area contributed by atoms with E-state index in [-0.39, 0.29) is 10.6 Å². The maximum atomic E-state index is 11.6. The Bertz CT molecular complexity index is 313. The Kier molecular flexibility index (Phi) is 4.13. The van der Waals surface area contributed by atoms with Crippen LogP contribution in [-0.4, -0.2) is 10.6 Å². The molecule has 1 nitrogen and oxygen atoms in total. The number of hydrogen-bond acceptors (Lipinski definition) is 1. The highest BCUT2D eigenvalue weighted by atomic mass is 79.9. The van der Waals surface area contributed by atoms with Gasteiger partial charge in [0.2, 0.25) is 0 Å². The zero-order chi connectivity index (χ0) is 10.0. The number of carbonyl (C=O) groups is 1. The lowest BCUT2D eigenvalue weighted by Gasteiger charge is -2.03. The van der Waals surface area contributed by atoms with Crippen LogP contribution >= 0.6 is 47.8 Å². The minimum Gasteiger partial charge on any atom is -0.293 e. The predicted molar refractivity (Wildman–Crippen MR) is 64.6 cm³/mol. The average molecular weight is 371 g/mol. The van der Waals surface area contributed by atoms with Crippen molar-refractivity contribution in [2.24, 2.45) is 0 Å². The highest BCUT2D eigenvalue weighted by molar-refractivity contribution is 9.11. The summed E-state index contributed by atoms with van der Waals surface area (Å²) in [5, 5.41) is 0. The van der Waals surface area contributed by atoms with E-state index in [0.29, 0.717) is 5.56 Å². The Morgan fingerprint density at radius 1 is 1.23 bits per heavy atom. The summed E-state index contributed by atoms with van der Waals surface area (Å²) in [6.07, 6.45) is 0. The van der Waals surface area contributed by atoms with E-state index in [1.165, 1.54) is 0 Å². The van der Waals surface area contributed by atoms with E-state index in [0.717, 1.165) is 8.95 Å². The monoisotopic (exact) mass is 368 g/mol. The van der Waals surface area contributed by atoms with Gasteiger partial charge in [0, 0.05) is 14.5 Å². The lowest BCUT2D eigenvalue weighted by Crippen LogP contribution is -2.09. The molecule has 1 rings (SSSR count). The van der Waals surface area contributed by atoms with Crippen LogP contribution < -0.4 is 0 Å². The fourth-order valence-corrected chi connectivity index (χ4v) is 2.48. The van der Waals surface area contributed by atoms with Crippen LogP contribution in [-0.2, 0) is 0 Å². The summed E-state index contributed by atoms with van der Waals surface area (Å²) in [6, 6.07) is 5.52. The fraction of sp³-hybridized carbons (Fsp3) is 0.222. The molecule has 0 saturated heterocycles. The van der Waals surface area contributed by atoms with Gasteiger partial charge < -0.3 is 0 Å². The molecule has 0 aromatic heterocycles. The molecule has 70 valence electrons. The molecule has 0 radical (unpaired) electrons. The van der Waals surface area contributed by atoms with Crippen molar-refractivity contribution >= 4 is 53.6 Å². The third kappa shape index (κ3) is 3.18. The highest BCUT2D eigenvalue weighted by Gasteiger charge is 2.12. The van der Waals surface area contributed by atoms with Gasteiger partial charge in [0.05, 0.1) is 4.83 Å². The number of halogens is 3. The molecule has 1 unspecified atom stereocenters. The molecule has 0 aliphatic heterocycles. The third-order valence-electron chi connectivity index (χ3n) is 1.51. The topological polar surface area (TPSA) is 17.1 Å². The lowest BCUT2D eigenvalue weighted by molar-refractivity contribution is 0.0995. The molecule has 13 heavy (non-hydrogen) atoms. The zero-order valence-corrected chi connectivity index (χ0v) is 11.6. The molecular weight excluding hydrogens is 364 g/mol. The average Bonchev–Trinajstić information content (AvgIpc) is 2.01. The van der Waals surface area contributed by atoms with Crippen molar-refractivity contribution in [3.05, 3.63) is 32.7 Å². The maximum absolute atomic E-state index is 11.6. The molecule has 0 aliphatic carbocycles. The van der Waals surface area contributed by atoms with Crippen molar-refractivity contribution in [2.75, 3.05) is 0 Å². The van der Waals surface area contributed by atoms with E-state index in [1.807, 2.05) is 25.1 Å². The van der Waals surface area contributed by atoms with E-state index < -0.39 is 0 Å². The second-order valence-electron chi connectivity index (χ2n) is 2.64.